The number of hydrogen-bond acceptors (Lipinski definition) is 8. The minimum Gasteiger partial charge on any atom is -0.481 e. The molecule has 1 aliphatic heterocycles. The summed E-state index contributed by atoms with van der Waals surface area (Å²) in [6.07, 6.45) is 2.81. The number of nitrogens with zero attached hydrogens (tertiary/aromatic N) is 4. The average Bonchev–Trinajstić information content (AvgIpc) is 2.99. The molecule has 2 N–H and O–H groups in total. The Morgan fingerprint density at radius 2 is 2.35 bits per heavy atom. The van der Waals surface area contributed by atoms with E-state index in [4.69, 9.17) is 9.26 Å². The molecule has 3 rings (SSSR count). The van der Waals surface area contributed by atoms with E-state index in [9.17, 15) is 5.11 Å². The molecule has 0 aliphatic carbocycles. The van der Waals surface area contributed by atoms with Crippen LogP contribution < -0.4 is 10.1 Å². The van der Waals surface area contributed by atoms with Gasteiger partial charge in [-0.05, 0) is 19.4 Å². The van der Waals surface area contributed by atoms with Crippen LogP contribution in [0.15, 0.2) is 16.9 Å². The van der Waals surface area contributed by atoms with Gasteiger partial charge < -0.3 is 19.7 Å². The average molecular weight is 277 g/mol. The van der Waals surface area contributed by atoms with E-state index in [0.29, 0.717) is 30.4 Å². The van der Waals surface area contributed by atoms with Gasteiger partial charge in [0.15, 0.2) is 5.60 Å². The summed E-state index contributed by atoms with van der Waals surface area (Å²) in [6, 6.07) is 1.61. The van der Waals surface area contributed by atoms with Crippen molar-refractivity contribution < 1.29 is 14.4 Å². The summed E-state index contributed by atoms with van der Waals surface area (Å²) in [5.41, 5.74) is -0.625. The summed E-state index contributed by atoms with van der Waals surface area (Å²) in [6.45, 7) is 1.29. The van der Waals surface area contributed by atoms with Crippen LogP contribution in [0.1, 0.15) is 18.7 Å². The Balaban J connectivity index is 1.89. The molecule has 0 spiro atoms. The summed E-state index contributed by atoms with van der Waals surface area (Å²) < 4.78 is 10.2. The lowest BCUT2D eigenvalue weighted by atomic mass is 9.94. The van der Waals surface area contributed by atoms with E-state index in [1.165, 1.54) is 13.4 Å². The van der Waals surface area contributed by atoms with Crippen molar-refractivity contribution in [1.29, 1.82) is 0 Å². The molecule has 106 valence electrons. The van der Waals surface area contributed by atoms with Gasteiger partial charge in [0.05, 0.1) is 7.11 Å². The van der Waals surface area contributed by atoms with Crippen LogP contribution >= 0.6 is 0 Å². The first-order chi connectivity index (χ1) is 9.71. The highest BCUT2D eigenvalue weighted by Gasteiger charge is 2.37. The van der Waals surface area contributed by atoms with Gasteiger partial charge in [-0.1, -0.05) is 5.16 Å². The first-order valence-corrected chi connectivity index (χ1v) is 6.35. The van der Waals surface area contributed by atoms with Crippen molar-refractivity contribution in [2.24, 2.45) is 0 Å². The molecule has 20 heavy (non-hydrogen) atoms. The van der Waals surface area contributed by atoms with Crippen molar-refractivity contribution in [3.8, 4) is 17.4 Å². The number of piperidine rings is 1. The van der Waals surface area contributed by atoms with Crippen molar-refractivity contribution in [1.82, 2.24) is 25.4 Å². The molecule has 0 aromatic carbocycles. The summed E-state index contributed by atoms with van der Waals surface area (Å²) in [4.78, 5) is 12.2. The van der Waals surface area contributed by atoms with Gasteiger partial charge in [-0.25, -0.2) is 9.97 Å². The normalized spacial score (nSPS) is 22.7. The molecule has 1 fully saturated rings. The SMILES string of the molecule is COc1cc(-c2noc(C3(O)CCCNC3)n2)ncn1. The third-order valence-corrected chi connectivity index (χ3v) is 3.27. The maximum atomic E-state index is 10.5. The Morgan fingerprint density at radius 1 is 1.45 bits per heavy atom. The first kappa shape index (κ1) is 12.9. The summed E-state index contributed by atoms with van der Waals surface area (Å²) >= 11 is 0. The van der Waals surface area contributed by atoms with E-state index in [2.05, 4.69) is 25.4 Å². The highest BCUT2D eigenvalue weighted by atomic mass is 16.5. The van der Waals surface area contributed by atoms with Gasteiger partial charge in [-0.15, -0.1) is 0 Å². The minimum absolute atomic E-state index is 0.206. The lowest BCUT2D eigenvalue weighted by Crippen LogP contribution is -2.43. The zero-order valence-electron chi connectivity index (χ0n) is 11.0. The van der Waals surface area contributed by atoms with Crippen molar-refractivity contribution in [2.75, 3.05) is 20.2 Å². The Bertz CT molecular complexity index is 594. The topological polar surface area (TPSA) is 106 Å². The number of nitrogens with one attached hydrogen (secondary N) is 1. The van der Waals surface area contributed by atoms with E-state index < -0.39 is 5.60 Å². The smallest absolute Gasteiger partial charge is 0.260 e. The number of ether oxygens (including phenoxy) is 1. The highest BCUT2D eigenvalue weighted by Crippen LogP contribution is 2.28. The zero-order chi connectivity index (χ0) is 14.0. The summed E-state index contributed by atoms with van der Waals surface area (Å²) in [5, 5.41) is 17.5. The van der Waals surface area contributed by atoms with E-state index in [1.807, 2.05) is 0 Å². The molecule has 1 atom stereocenters. The zero-order valence-corrected chi connectivity index (χ0v) is 11.0. The predicted octanol–water partition coefficient (Wildman–Crippen LogP) is 0.106. The van der Waals surface area contributed by atoms with Gasteiger partial charge in [0.25, 0.3) is 5.89 Å². The molecule has 2 aromatic rings. The minimum atomic E-state index is -1.11. The van der Waals surface area contributed by atoms with Crippen LogP contribution in [0.25, 0.3) is 11.5 Å². The molecule has 0 saturated carbocycles. The van der Waals surface area contributed by atoms with Crippen LogP contribution in [0.5, 0.6) is 5.88 Å². The number of aliphatic hydroxyl groups is 1. The Kier molecular flexibility index (Phi) is 3.33. The number of methoxy groups -OCH3 is 1. The quantitative estimate of drug-likeness (QED) is 0.814. The molecular formula is C12H15N5O3. The van der Waals surface area contributed by atoms with Crippen LogP contribution in [0, 0.1) is 0 Å². The van der Waals surface area contributed by atoms with Crippen molar-refractivity contribution >= 4 is 0 Å². The molecule has 8 nitrogen and oxygen atoms in total. The second-order valence-electron chi connectivity index (χ2n) is 4.68. The third-order valence-electron chi connectivity index (χ3n) is 3.27. The van der Waals surface area contributed by atoms with Gasteiger partial charge in [-0.2, -0.15) is 4.98 Å². The molecule has 1 unspecified atom stereocenters. The maximum absolute atomic E-state index is 10.5. The highest BCUT2D eigenvalue weighted by molar-refractivity contribution is 5.49. The molecule has 1 saturated heterocycles. The van der Waals surface area contributed by atoms with E-state index in [0.717, 1.165) is 13.0 Å². The van der Waals surface area contributed by atoms with E-state index >= 15 is 0 Å². The van der Waals surface area contributed by atoms with Crippen molar-refractivity contribution in [3.05, 3.63) is 18.3 Å². The first-order valence-electron chi connectivity index (χ1n) is 6.35. The van der Waals surface area contributed by atoms with E-state index in [1.54, 1.807) is 6.07 Å². The Hall–Kier alpha value is -2.06. The largest absolute Gasteiger partial charge is 0.481 e. The van der Waals surface area contributed by atoms with Crippen LogP contribution in [-0.4, -0.2) is 45.4 Å². The van der Waals surface area contributed by atoms with E-state index in [-0.39, 0.29) is 5.89 Å². The lowest BCUT2D eigenvalue weighted by Gasteiger charge is -2.28. The third kappa shape index (κ3) is 2.35. The van der Waals surface area contributed by atoms with Crippen molar-refractivity contribution in [2.45, 2.75) is 18.4 Å². The second-order valence-corrected chi connectivity index (χ2v) is 4.68. The molecule has 1 aliphatic rings. The molecule has 2 aromatic heterocycles. The number of hydrogen-bond donors (Lipinski definition) is 2. The number of rotatable bonds is 3. The Morgan fingerprint density at radius 3 is 3.10 bits per heavy atom. The molecule has 3 heterocycles. The molecule has 8 heteroatoms. The maximum Gasteiger partial charge on any atom is 0.260 e. The fourth-order valence-corrected chi connectivity index (χ4v) is 2.16. The molecule has 0 amide bonds. The van der Waals surface area contributed by atoms with Gasteiger partial charge >= 0.3 is 0 Å². The van der Waals surface area contributed by atoms with Gasteiger partial charge in [0.1, 0.15) is 12.0 Å². The van der Waals surface area contributed by atoms with Crippen LogP contribution in [0.3, 0.4) is 0 Å². The van der Waals surface area contributed by atoms with Crippen molar-refractivity contribution in [3.63, 3.8) is 0 Å². The molecular weight excluding hydrogens is 262 g/mol. The predicted molar refractivity (Wildman–Crippen MR) is 67.9 cm³/mol. The van der Waals surface area contributed by atoms with Crippen LogP contribution in [0.2, 0.25) is 0 Å². The van der Waals surface area contributed by atoms with Crippen LogP contribution in [0.4, 0.5) is 0 Å². The molecule has 0 radical (unpaired) electrons. The summed E-state index contributed by atoms with van der Waals surface area (Å²) in [5.74, 6) is 0.927. The standard InChI is InChI=1S/C12H15N5O3/c1-19-9-5-8(14-7-15-9)10-16-11(20-17-10)12(18)3-2-4-13-6-12/h5,7,13,18H,2-4,6H2,1H3. The number of β-amino-alcohol motifs (C(OH)–C–C–N with tert-alkyl or cyclic N) is 1. The monoisotopic (exact) mass is 277 g/mol. The summed E-state index contributed by atoms with van der Waals surface area (Å²) in [7, 11) is 1.52. The second kappa shape index (κ2) is 5.14. The Labute approximate surface area is 115 Å². The van der Waals surface area contributed by atoms with Gasteiger partial charge in [0, 0.05) is 12.6 Å². The van der Waals surface area contributed by atoms with Gasteiger partial charge in [0.2, 0.25) is 11.7 Å². The lowest BCUT2D eigenvalue weighted by molar-refractivity contribution is -0.0167. The number of aromatic nitrogens is 4. The van der Waals surface area contributed by atoms with Gasteiger partial charge in [-0.3, -0.25) is 0 Å². The molecule has 0 bridgehead atoms. The van der Waals surface area contributed by atoms with Crippen LogP contribution in [-0.2, 0) is 5.60 Å². The fraction of sp³-hybridized carbons (Fsp3) is 0.500. The fourth-order valence-electron chi connectivity index (χ4n) is 2.16.